The van der Waals surface area contributed by atoms with Crippen LogP contribution < -0.4 is 4.74 Å². The van der Waals surface area contributed by atoms with Crippen LogP contribution in [-0.2, 0) is 6.42 Å². The van der Waals surface area contributed by atoms with Gasteiger partial charge >= 0.3 is 6.61 Å². The number of carbonyl (C=O) groups is 1. The molecule has 1 rings (SSSR count). The molecule has 0 aliphatic carbocycles. The van der Waals surface area contributed by atoms with E-state index in [4.69, 9.17) is 0 Å². The Bertz CT molecular complexity index is 405. The molecule has 0 saturated carbocycles. The quantitative estimate of drug-likeness (QED) is 0.610. The third kappa shape index (κ3) is 3.77. The summed E-state index contributed by atoms with van der Waals surface area (Å²) < 4.78 is 28.9. The van der Waals surface area contributed by atoms with Crippen LogP contribution in [0.25, 0.3) is 0 Å². The second-order valence-corrected chi connectivity index (χ2v) is 4.92. The minimum atomic E-state index is -2.93. The zero-order valence-electron chi connectivity index (χ0n) is 9.54. The fourth-order valence-corrected chi connectivity index (χ4v) is 1.64. The maximum atomic E-state index is 12.3. The molecule has 0 spiro atoms. The molecule has 0 aliphatic rings. The van der Waals surface area contributed by atoms with Crippen molar-refractivity contribution in [1.29, 1.82) is 0 Å². The molecule has 17 heavy (non-hydrogen) atoms. The number of rotatable bonds is 5. The molecule has 1 aromatic rings. The summed E-state index contributed by atoms with van der Waals surface area (Å²) in [5.74, 6) is -0.334. The summed E-state index contributed by atoms with van der Waals surface area (Å²) in [6.45, 7) is 0.609. The van der Waals surface area contributed by atoms with Crippen LogP contribution in [0.1, 0.15) is 29.8 Å². The number of carbonyl (C=O) groups excluding carboxylic acids is 1. The highest BCUT2D eigenvalue weighted by Crippen LogP contribution is 2.25. The van der Waals surface area contributed by atoms with Gasteiger partial charge in [0.25, 0.3) is 0 Å². The third-order valence-electron chi connectivity index (χ3n) is 2.30. The first-order valence-electron chi connectivity index (χ1n) is 5.21. The first-order valence-corrected chi connectivity index (χ1v) is 6.13. The number of halogens is 3. The Labute approximate surface area is 107 Å². The maximum Gasteiger partial charge on any atom is 0.387 e. The van der Waals surface area contributed by atoms with Gasteiger partial charge in [-0.3, -0.25) is 4.79 Å². The molecule has 5 heteroatoms. The van der Waals surface area contributed by atoms with Gasteiger partial charge in [-0.25, -0.2) is 0 Å². The summed E-state index contributed by atoms with van der Waals surface area (Å²) in [5, 5.41) is 0. The van der Waals surface area contributed by atoms with E-state index >= 15 is 0 Å². The Hall–Kier alpha value is -0.970. The highest BCUT2D eigenvalue weighted by atomic mass is 79.9. The van der Waals surface area contributed by atoms with Gasteiger partial charge in [-0.05, 0) is 31.0 Å². The lowest BCUT2D eigenvalue weighted by Gasteiger charge is -2.12. The second kappa shape index (κ2) is 6.10. The molecule has 0 heterocycles. The van der Waals surface area contributed by atoms with Crippen LogP contribution in [0.5, 0.6) is 5.75 Å². The van der Waals surface area contributed by atoms with Gasteiger partial charge in [0.15, 0.2) is 5.78 Å². The van der Waals surface area contributed by atoms with Gasteiger partial charge in [-0.2, -0.15) is 8.78 Å². The van der Waals surface area contributed by atoms with E-state index in [-0.39, 0.29) is 17.1 Å². The van der Waals surface area contributed by atoms with Gasteiger partial charge in [-0.15, -0.1) is 0 Å². The molecule has 1 unspecified atom stereocenters. The van der Waals surface area contributed by atoms with Crippen LogP contribution in [0, 0.1) is 0 Å². The Kier molecular flexibility index (Phi) is 5.05. The monoisotopic (exact) mass is 306 g/mol. The predicted octanol–water partition coefficient (Wildman–Crippen LogP) is 3.82. The SMILES string of the molecule is CCc1ccc(C(=O)C(C)Br)c(OC(F)F)c1. The molecular formula is C12H13BrF2O2. The van der Waals surface area contributed by atoms with Crippen molar-refractivity contribution in [3.8, 4) is 5.75 Å². The molecular weight excluding hydrogens is 294 g/mol. The number of Topliss-reactive ketones (excluding diaryl/α,β-unsaturated/α-hetero) is 1. The van der Waals surface area contributed by atoms with E-state index < -0.39 is 11.4 Å². The van der Waals surface area contributed by atoms with Crippen molar-refractivity contribution >= 4 is 21.7 Å². The summed E-state index contributed by atoms with van der Waals surface area (Å²) in [6, 6.07) is 4.74. The molecule has 0 amide bonds. The predicted molar refractivity (Wildman–Crippen MR) is 65.2 cm³/mol. The Morgan fingerprint density at radius 1 is 1.47 bits per heavy atom. The van der Waals surface area contributed by atoms with E-state index in [1.54, 1.807) is 13.0 Å². The van der Waals surface area contributed by atoms with Crippen molar-refractivity contribution in [2.75, 3.05) is 0 Å². The van der Waals surface area contributed by atoms with Crippen molar-refractivity contribution in [3.63, 3.8) is 0 Å². The number of aryl methyl sites for hydroxylation is 1. The van der Waals surface area contributed by atoms with Crippen LogP contribution in [0.2, 0.25) is 0 Å². The van der Waals surface area contributed by atoms with Crippen molar-refractivity contribution < 1.29 is 18.3 Å². The number of alkyl halides is 3. The molecule has 94 valence electrons. The molecule has 2 nitrogen and oxygen atoms in total. The van der Waals surface area contributed by atoms with E-state index in [0.29, 0.717) is 6.42 Å². The van der Waals surface area contributed by atoms with E-state index in [0.717, 1.165) is 5.56 Å². The molecule has 0 aliphatic heterocycles. The summed E-state index contributed by atoms with van der Waals surface area (Å²) in [7, 11) is 0. The van der Waals surface area contributed by atoms with E-state index in [9.17, 15) is 13.6 Å². The van der Waals surface area contributed by atoms with Crippen LogP contribution in [0.4, 0.5) is 8.78 Å². The molecule has 0 N–H and O–H groups in total. The molecule has 1 atom stereocenters. The lowest BCUT2D eigenvalue weighted by molar-refractivity contribution is -0.0501. The summed E-state index contributed by atoms with van der Waals surface area (Å²) in [4.78, 5) is 11.3. The summed E-state index contributed by atoms with van der Waals surface area (Å²) >= 11 is 3.12. The van der Waals surface area contributed by atoms with Gasteiger partial charge in [0.2, 0.25) is 0 Å². The molecule has 0 aromatic heterocycles. The van der Waals surface area contributed by atoms with Crippen molar-refractivity contribution in [2.24, 2.45) is 0 Å². The molecule has 0 bridgehead atoms. The fraction of sp³-hybridized carbons (Fsp3) is 0.417. The molecule has 0 radical (unpaired) electrons. The van der Waals surface area contributed by atoms with Crippen LogP contribution in [0.15, 0.2) is 18.2 Å². The lowest BCUT2D eigenvalue weighted by Crippen LogP contribution is -2.14. The minimum Gasteiger partial charge on any atom is -0.434 e. The van der Waals surface area contributed by atoms with Gasteiger partial charge in [0.1, 0.15) is 5.75 Å². The standard InChI is InChI=1S/C12H13BrF2O2/c1-3-8-4-5-9(11(16)7(2)13)10(6-8)17-12(14)15/h4-7,12H,3H2,1-2H3. The first kappa shape index (κ1) is 14.1. The number of benzene rings is 1. The van der Waals surface area contributed by atoms with Gasteiger partial charge < -0.3 is 4.74 Å². The Morgan fingerprint density at radius 2 is 2.12 bits per heavy atom. The van der Waals surface area contributed by atoms with Crippen LogP contribution in [-0.4, -0.2) is 17.2 Å². The number of hydrogen-bond donors (Lipinski definition) is 0. The van der Waals surface area contributed by atoms with Gasteiger partial charge in [-0.1, -0.05) is 28.9 Å². The highest BCUT2D eigenvalue weighted by molar-refractivity contribution is 9.10. The lowest BCUT2D eigenvalue weighted by atomic mass is 10.0. The summed E-state index contributed by atoms with van der Waals surface area (Å²) in [6.07, 6.45) is 0.692. The zero-order valence-corrected chi connectivity index (χ0v) is 11.1. The molecule has 0 saturated heterocycles. The van der Waals surface area contributed by atoms with Gasteiger partial charge in [0.05, 0.1) is 10.4 Å². The topological polar surface area (TPSA) is 26.3 Å². The highest BCUT2D eigenvalue weighted by Gasteiger charge is 2.19. The maximum absolute atomic E-state index is 12.3. The zero-order chi connectivity index (χ0) is 13.0. The van der Waals surface area contributed by atoms with Crippen molar-refractivity contribution in [2.45, 2.75) is 31.7 Å². The van der Waals surface area contributed by atoms with Crippen molar-refractivity contribution in [1.82, 2.24) is 0 Å². The minimum absolute atomic E-state index is 0.0596. The second-order valence-electron chi connectivity index (χ2n) is 3.54. The Morgan fingerprint density at radius 3 is 2.59 bits per heavy atom. The Balaban J connectivity index is 3.14. The van der Waals surface area contributed by atoms with E-state index in [1.807, 2.05) is 6.92 Å². The van der Waals surface area contributed by atoms with Gasteiger partial charge in [0, 0.05) is 0 Å². The molecule has 0 fully saturated rings. The number of ketones is 1. The van der Waals surface area contributed by atoms with Crippen LogP contribution in [0.3, 0.4) is 0 Å². The smallest absolute Gasteiger partial charge is 0.387 e. The van der Waals surface area contributed by atoms with E-state index in [2.05, 4.69) is 20.7 Å². The van der Waals surface area contributed by atoms with Crippen molar-refractivity contribution in [3.05, 3.63) is 29.3 Å². The fourth-order valence-electron chi connectivity index (χ4n) is 1.40. The summed E-state index contributed by atoms with van der Waals surface area (Å²) in [5.41, 5.74) is 1.02. The molecule has 1 aromatic carbocycles. The number of hydrogen-bond acceptors (Lipinski definition) is 2. The average Bonchev–Trinajstić information content (AvgIpc) is 2.27. The van der Waals surface area contributed by atoms with E-state index in [1.165, 1.54) is 12.1 Å². The normalized spacial score (nSPS) is 12.6. The number of ether oxygens (including phenoxy) is 1. The van der Waals surface area contributed by atoms with Crippen LogP contribution >= 0.6 is 15.9 Å². The third-order valence-corrected chi connectivity index (χ3v) is 2.71. The first-order chi connectivity index (χ1) is 7.95. The average molecular weight is 307 g/mol. The largest absolute Gasteiger partial charge is 0.434 e.